The maximum Gasteiger partial charge on any atom is 0.302 e. The SMILES string of the molecule is CC.CO/N=C(/C)OC.COC(C)=O. The van der Waals surface area contributed by atoms with E-state index in [1.165, 1.54) is 28.3 Å². The van der Waals surface area contributed by atoms with Crippen LogP contribution in [0.25, 0.3) is 0 Å². The second-order valence-corrected chi connectivity index (χ2v) is 1.69. The van der Waals surface area contributed by atoms with Crippen LogP contribution in [0.4, 0.5) is 0 Å². The van der Waals surface area contributed by atoms with E-state index in [9.17, 15) is 4.79 Å². The van der Waals surface area contributed by atoms with Gasteiger partial charge in [-0.25, -0.2) is 0 Å². The Hall–Kier alpha value is -1.26. The standard InChI is InChI=1S/C4H9NO2.C3H6O2.C2H6/c1-4(6-2)5-7-3;1-3(4)5-2;1-2/h1-3H3;1-2H3;1-2H3/b5-4-;;. The lowest BCUT2D eigenvalue weighted by Gasteiger charge is -1.92. The van der Waals surface area contributed by atoms with Gasteiger partial charge in [-0.1, -0.05) is 19.0 Å². The molecule has 0 unspecified atom stereocenters. The number of rotatable bonds is 1. The molecule has 0 fully saturated rings. The molecule has 0 saturated heterocycles. The second-order valence-electron chi connectivity index (χ2n) is 1.69. The average Bonchev–Trinajstić information content (AvgIpc) is 2.22. The minimum absolute atomic E-state index is 0.245. The number of oxime groups is 1. The summed E-state index contributed by atoms with van der Waals surface area (Å²) in [5.41, 5.74) is 0. The van der Waals surface area contributed by atoms with Crippen molar-refractivity contribution in [3.8, 4) is 0 Å². The Balaban J connectivity index is -0.000000152. The van der Waals surface area contributed by atoms with Crippen LogP contribution in [0.2, 0.25) is 0 Å². The first kappa shape index (κ1) is 18.5. The molecule has 0 spiro atoms. The second kappa shape index (κ2) is 17.7. The van der Waals surface area contributed by atoms with Crippen LogP contribution in [0, 0.1) is 0 Å². The lowest BCUT2D eigenvalue weighted by Crippen LogP contribution is -1.92. The lowest BCUT2D eigenvalue weighted by molar-refractivity contribution is -0.137. The summed E-state index contributed by atoms with van der Waals surface area (Å²) in [6.07, 6.45) is 0. The van der Waals surface area contributed by atoms with Crippen molar-refractivity contribution in [2.24, 2.45) is 5.16 Å². The summed E-state index contributed by atoms with van der Waals surface area (Å²) in [7, 11) is 4.36. The molecule has 0 heterocycles. The number of hydrogen-bond acceptors (Lipinski definition) is 5. The highest BCUT2D eigenvalue weighted by molar-refractivity contribution is 5.72. The van der Waals surface area contributed by atoms with E-state index in [0.717, 1.165) is 0 Å². The van der Waals surface area contributed by atoms with Gasteiger partial charge >= 0.3 is 5.97 Å². The maximum absolute atomic E-state index is 9.59. The van der Waals surface area contributed by atoms with Crippen molar-refractivity contribution in [1.29, 1.82) is 0 Å². The van der Waals surface area contributed by atoms with Gasteiger partial charge in [-0.15, -0.1) is 0 Å². The Morgan fingerprint density at radius 2 is 1.36 bits per heavy atom. The van der Waals surface area contributed by atoms with E-state index in [2.05, 4.69) is 19.5 Å². The maximum atomic E-state index is 9.59. The molecule has 5 heteroatoms. The fourth-order valence-corrected chi connectivity index (χ4v) is 0.166. The molecule has 0 radical (unpaired) electrons. The van der Waals surface area contributed by atoms with Gasteiger partial charge in [0.15, 0.2) is 0 Å². The van der Waals surface area contributed by atoms with E-state index in [1.54, 1.807) is 6.92 Å². The Morgan fingerprint density at radius 1 is 1.00 bits per heavy atom. The Morgan fingerprint density at radius 3 is 1.43 bits per heavy atom. The molecule has 0 aliphatic carbocycles. The molecule has 86 valence electrons. The minimum Gasteiger partial charge on any atom is -0.482 e. The van der Waals surface area contributed by atoms with Crippen LogP contribution in [0.5, 0.6) is 0 Å². The first-order valence-electron chi connectivity index (χ1n) is 4.24. The number of nitrogens with zero attached hydrogens (tertiary/aromatic N) is 1. The third-order valence-electron chi connectivity index (χ3n) is 0.803. The molecule has 14 heavy (non-hydrogen) atoms. The largest absolute Gasteiger partial charge is 0.482 e. The van der Waals surface area contributed by atoms with Crippen molar-refractivity contribution in [2.75, 3.05) is 21.3 Å². The van der Waals surface area contributed by atoms with Crippen LogP contribution in [0.1, 0.15) is 27.7 Å². The molecule has 0 saturated carbocycles. The highest BCUT2D eigenvalue weighted by Crippen LogP contribution is 1.75. The lowest BCUT2D eigenvalue weighted by atomic mass is 10.8. The summed E-state index contributed by atoms with van der Waals surface area (Å²) in [5, 5.41) is 3.44. The number of hydrogen-bond donors (Lipinski definition) is 0. The van der Waals surface area contributed by atoms with E-state index < -0.39 is 0 Å². The summed E-state index contributed by atoms with van der Waals surface area (Å²) in [6.45, 7) is 7.07. The molecular weight excluding hydrogens is 186 g/mol. The van der Waals surface area contributed by atoms with Crippen LogP contribution in [0.15, 0.2) is 5.16 Å². The van der Waals surface area contributed by atoms with Crippen molar-refractivity contribution in [1.82, 2.24) is 0 Å². The van der Waals surface area contributed by atoms with Gasteiger partial charge in [-0.05, 0) is 0 Å². The molecule has 0 aliphatic rings. The first-order valence-corrected chi connectivity index (χ1v) is 4.24. The summed E-state index contributed by atoms with van der Waals surface area (Å²) >= 11 is 0. The van der Waals surface area contributed by atoms with Gasteiger partial charge in [0.25, 0.3) is 0 Å². The topological polar surface area (TPSA) is 57.1 Å². The Kier molecular flexibility index (Phi) is 23.4. The molecule has 5 nitrogen and oxygen atoms in total. The molecule has 0 amide bonds. The molecule has 0 aromatic heterocycles. The first-order chi connectivity index (χ1) is 6.58. The van der Waals surface area contributed by atoms with Gasteiger partial charge in [0, 0.05) is 13.8 Å². The van der Waals surface area contributed by atoms with Crippen molar-refractivity contribution in [3.05, 3.63) is 0 Å². The fraction of sp³-hybridized carbons (Fsp3) is 0.778. The number of esters is 1. The molecule has 0 aromatic carbocycles. The third kappa shape index (κ3) is 30.9. The van der Waals surface area contributed by atoms with E-state index in [-0.39, 0.29) is 5.97 Å². The highest BCUT2D eigenvalue weighted by atomic mass is 16.6. The Bertz CT molecular complexity index is 146. The normalized spacial score (nSPS) is 8.36. The number of ether oxygens (including phenoxy) is 2. The number of carbonyl (C=O) groups excluding carboxylic acids is 1. The Labute approximate surface area is 86.0 Å². The van der Waals surface area contributed by atoms with Gasteiger partial charge in [-0.3, -0.25) is 4.79 Å². The number of carbonyl (C=O) groups is 1. The monoisotopic (exact) mass is 207 g/mol. The van der Waals surface area contributed by atoms with E-state index in [0.29, 0.717) is 5.90 Å². The van der Waals surface area contributed by atoms with Crippen LogP contribution < -0.4 is 0 Å². The smallest absolute Gasteiger partial charge is 0.302 e. The molecule has 0 N–H and O–H groups in total. The molecule has 0 aliphatic heterocycles. The van der Waals surface area contributed by atoms with Gasteiger partial charge in [0.1, 0.15) is 7.11 Å². The molecular formula is C9H21NO4. The highest BCUT2D eigenvalue weighted by Gasteiger charge is 1.79. The predicted molar refractivity (Wildman–Crippen MR) is 56.2 cm³/mol. The van der Waals surface area contributed by atoms with Crippen LogP contribution in [-0.4, -0.2) is 33.2 Å². The minimum atomic E-state index is -0.245. The predicted octanol–water partition coefficient (Wildman–Crippen LogP) is 1.82. The van der Waals surface area contributed by atoms with E-state index in [4.69, 9.17) is 0 Å². The molecule has 0 atom stereocenters. The quantitative estimate of drug-likeness (QED) is 0.285. The van der Waals surface area contributed by atoms with Gasteiger partial charge in [0.2, 0.25) is 5.90 Å². The molecule has 0 rings (SSSR count). The third-order valence-corrected chi connectivity index (χ3v) is 0.803. The van der Waals surface area contributed by atoms with Crippen molar-refractivity contribution in [2.45, 2.75) is 27.7 Å². The summed E-state index contributed by atoms with van der Waals surface area (Å²) in [6, 6.07) is 0. The summed E-state index contributed by atoms with van der Waals surface area (Å²) in [4.78, 5) is 13.9. The zero-order chi connectivity index (χ0) is 12.0. The summed E-state index contributed by atoms with van der Waals surface area (Å²) < 4.78 is 8.73. The summed E-state index contributed by atoms with van der Waals surface area (Å²) in [5.74, 6) is 0.285. The number of methoxy groups -OCH3 is 2. The van der Waals surface area contributed by atoms with Gasteiger partial charge in [0.05, 0.1) is 14.2 Å². The van der Waals surface area contributed by atoms with Crippen molar-refractivity contribution < 1.29 is 19.1 Å². The van der Waals surface area contributed by atoms with Crippen molar-refractivity contribution >= 4 is 11.9 Å². The molecule has 0 bridgehead atoms. The fourth-order valence-electron chi connectivity index (χ4n) is 0.166. The zero-order valence-electron chi connectivity index (χ0n) is 10.1. The van der Waals surface area contributed by atoms with E-state index in [1.807, 2.05) is 13.8 Å². The van der Waals surface area contributed by atoms with Crippen molar-refractivity contribution in [3.63, 3.8) is 0 Å². The zero-order valence-corrected chi connectivity index (χ0v) is 10.1. The van der Waals surface area contributed by atoms with Gasteiger partial charge < -0.3 is 14.3 Å². The average molecular weight is 207 g/mol. The van der Waals surface area contributed by atoms with Crippen LogP contribution in [0.3, 0.4) is 0 Å². The van der Waals surface area contributed by atoms with Crippen LogP contribution in [-0.2, 0) is 19.1 Å². The molecule has 0 aromatic rings. The van der Waals surface area contributed by atoms with E-state index >= 15 is 0 Å². The van der Waals surface area contributed by atoms with Gasteiger partial charge in [-0.2, -0.15) is 0 Å². The van der Waals surface area contributed by atoms with Crippen LogP contribution >= 0.6 is 0 Å².